The quantitative estimate of drug-likeness (QED) is 0.486. The van der Waals surface area contributed by atoms with E-state index in [2.05, 4.69) is 9.97 Å². The van der Waals surface area contributed by atoms with Crippen LogP contribution in [0.2, 0.25) is 5.28 Å². The van der Waals surface area contributed by atoms with Crippen molar-refractivity contribution in [2.75, 3.05) is 6.61 Å². The normalized spacial score (nSPS) is 13.6. The number of carboxylic acid groups (broad SMARTS) is 1. The molecule has 1 aromatic heterocycles. The second-order valence-electron chi connectivity index (χ2n) is 3.96. The van der Waals surface area contributed by atoms with E-state index in [0.29, 0.717) is 5.69 Å². The van der Waals surface area contributed by atoms with Gasteiger partial charge < -0.3 is 9.84 Å². The molecule has 0 saturated carbocycles. The lowest BCUT2D eigenvalue weighted by Crippen LogP contribution is -2.42. The minimum Gasteiger partial charge on any atom is -0.480 e. The first kappa shape index (κ1) is 15.4. The van der Waals surface area contributed by atoms with Crippen molar-refractivity contribution >= 4 is 23.5 Å². The zero-order valence-electron chi connectivity index (χ0n) is 10.7. The molecule has 19 heavy (non-hydrogen) atoms. The zero-order valence-corrected chi connectivity index (χ0v) is 11.5. The van der Waals surface area contributed by atoms with Gasteiger partial charge in [-0.3, -0.25) is 9.59 Å². The summed E-state index contributed by atoms with van der Waals surface area (Å²) in [6, 6.07) is 1.53. The Hall–Kier alpha value is -1.69. The molecule has 1 aromatic rings. The van der Waals surface area contributed by atoms with Crippen molar-refractivity contribution in [3.05, 3.63) is 23.2 Å². The molecule has 1 heterocycles. The summed E-state index contributed by atoms with van der Waals surface area (Å²) >= 11 is 5.65. The third-order valence-corrected chi connectivity index (χ3v) is 3.03. The van der Waals surface area contributed by atoms with Gasteiger partial charge >= 0.3 is 11.9 Å². The number of carbonyl (C=O) groups excluding carboxylic acids is 1. The van der Waals surface area contributed by atoms with Crippen LogP contribution in [0.25, 0.3) is 0 Å². The van der Waals surface area contributed by atoms with E-state index >= 15 is 0 Å². The minimum absolute atomic E-state index is 0.0109. The summed E-state index contributed by atoms with van der Waals surface area (Å²) in [6.45, 7) is 3.37. The number of nitrogens with zero attached hydrogens (tertiary/aromatic N) is 2. The summed E-state index contributed by atoms with van der Waals surface area (Å²) in [6.07, 6.45) is 1.43. The number of carboxylic acids is 1. The first-order valence-corrected chi connectivity index (χ1v) is 6.22. The van der Waals surface area contributed by atoms with E-state index in [1.165, 1.54) is 12.3 Å². The number of hydrogen-bond donors (Lipinski definition) is 1. The number of ether oxygens (including phenoxy) is 1. The Morgan fingerprint density at radius 2 is 2.16 bits per heavy atom. The highest BCUT2D eigenvalue weighted by Gasteiger charge is 2.46. The monoisotopic (exact) mass is 286 g/mol. The summed E-state index contributed by atoms with van der Waals surface area (Å²) in [7, 11) is 0. The minimum atomic E-state index is -1.65. The van der Waals surface area contributed by atoms with Gasteiger partial charge in [0.15, 0.2) is 5.41 Å². The third kappa shape index (κ3) is 3.41. The topological polar surface area (TPSA) is 89.4 Å². The van der Waals surface area contributed by atoms with Gasteiger partial charge in [0.2, 0.25) is 5.28 Å². The van der Waals surface area contributed by atoms with Gasteiger partial charge in [0, 0.05) is 18.3 Å². The van der Waals surface area contributed by atoms with Gasteiger partial charge in [-0.25, -0.2) is 9.97 Å². The Bertz CT molecular complexity index is 481. The maximum atomic E-state index is 11.9. The molecule has 0 aliphatic heterocycles. The number of carbonyl (C=O) groups is 2. The van der Waals surface area contributed by atoms with E-state index in [-0.39, 0.29) is 24.7 Å². The van der Waals surface area contributed by atoms with E-state index < -0.39 is 17.4 Å². The molecule has 0 aliphatic carbocycles. The van der Waals surface area contributed by atoms with Crippen molar-refractivity contribution in [2.45, 2.75) is 26.7 Å². The lowest BCUT2D eigenvalue weighted by molar-refractivity contribution is -0.169. The van der Waals surface area contributed by atoms with Crippen LogP contribution in [0.1, 0.15) is 26.0 Å². The molecule has 7 heteroatoms. The van der Waals surface area contributed by atoms with Crippen molar-refractivity contribution in [3.63, 3.8) is 0 Å². The molecule has 1 atom stereocenters. The summed E-state index contributed by atoms with van der Waals surface area (Å²) in [5.74, 6) is -2.00. The molecule has 0 amide bonds. The first-order valence-electron chi connectivity index (χ1n) is 5.84. The molecular formula is C12H15ClN2O4. The largest absolute Gasteiger partial charge is 0.480 e. The van der Waals surface area contributed by atoms with Crippen LogP contribution in [-0.2, 0) is 20.7 Å². The van der Waals surface area contributed by atoms with E-state index in [1.54, 1.807) is 13.8 Å². The third-order valence-electron chi connectivity index (χ3n) is 2.85. The van der Waals surface area contributed by atoms with Crippen LogP contribution in [0.3, 0.4) is 0 Å². The highest BCUT2D eigenvalue weighted by molar-refractivity contribution is 6.28. The SMILES string of the molecule is CCOC(=O)C(CC)(Cc1ccnc(Cl)n1)C(=O)O. The molecule has 0 saturated heterocycles. The van der Waals surface area contributed by atoms with Gasteiger partial charge in [0.25, 0.3) is 0 Å². The lowest BCUT2D eigenvalue weighted by atomic mass is 9.80. The number of esters is 1. The average molecular weight is 287 g/mol. The second-order valence-corrected chi connectivity index (χ2v) is 4.29. The summed E-state index contributed by atoms with van der Waals surface area (Å²) in [5.41, 5.74) is -1.26. The number of rotatable bonds is 6. The maximum absolute atomic E-state index is 11.9. The Balaban J connectivity index is 3.10. The smallest absolute Gasteiger partial charge is 0.323 e. The number of aliphatic carboxylic acids is 1. The lowest BCUT2D eigenvalue weighted by Gasteiger charge is -2.25. The molecule has 0 radical (unpaired) electrons. The fourth-order valence-corrected chi connectivity index (χ4v) is 1.87. The Labute approximate surface area is 115 Å². The van der Waals surface area contributed by atoms with Crippen LogP contribution in [-0.4, -0.2) is 33.6 Å². The second kappa shape index (κ2) is 6.47. The highest BCUT2D eigenvalue weighted by atomic mass is 35.5. The Kier molecular flexibility index (Phi) is 5.23. The molecule has 0 bridgehead atoms. The van der Waals surface area contributed by atoms with Crippen LogP contribution >= 0.6 is 11.6 Å². The average Bonchev–Trinajstić information content (AvgIpc) is 2.36. The predicted octanol–water partition coefficient (Wildman–Crippen LogP) is 1.72. The molecule has 0 spiro atoms. The molecule has 1 N–H and O–H groups in total. The molecule has 1 rings (SSSR count). The molecule has 0 aromatic carbocycles. The summed E-state index contributed by atoms with van der Waals surface area (Å²) < 4.78 is 4.87. The Morgan fingerprint density at radius 3 is 2.63 bits per heavy atom. The fourth-order valence-electron chi connectivity index (χ4n) is 1.70. The van der Waals surface area contributed by atoms with Gasteiger partial charge in [-0.05, 0) is 31.0 Å². The van der Waals surface area contributed by atoms with E-state index in [1.807, 2.05) is 0 Å². The van der Waals surface area contributed by atoms with Crippen molar-refractivity contribution in [3.8, 4) is 0 Å². The van der Waals surface area contributed by atoms with Crippen molar-refractivity contribution in [1.29, 1.82) is 0 Å². The van der Waals surface area contributed by atoms with Crippen molar-refractivity contribution in [1.82, 2.24) is 9.97 Å². The molecule has 1 unspecified atom stereocenters. The van der Waals surface area contributed by atoms with Gasteiger partial charge in [-0.15, -0.1) is 0 Å². The van der Waals surface area contributed by atoms with Crippen LogP contribution in [0.15, 0.2) is 12.3 Å². The van der Waals surface area contributed by atoms with E-state index in [4.69, 9.17) is 16.3 Å². The number of halogens is 1. The molecular weight excluding hydrogens is 272 g/mol. The van der Waals surface area contributed by atoms with Gasteiger partial charge in [-0.2, -0.15) is 0 Å². The van der Waals surface area contributed by atoms with Gasteiger partial charge in [0.1, 0.15) is 0 Å². The van der Waals surface area contributed by atoms with Gasteiger partial charge in [-0.1, -0.05) is 6.92 Å². The maximum Gasteiger partial charge on any atom is 0.323 e. The predicted molar refractivity (Wildman–Crippen MR) is 67.7 cm³/mol. The summed E-state index contributed by atoms with van der Waals surface area (Å²) in [5, 5.41) is 9.39. The van der Waals surface area contributed by atoms with Gasteiger partial charge in [0.05, 0.1) is 6.61 Å². The molecule has 104 valence electrons. The molecule has 0 fully saturated rings. The van der Waals surface area contributed by atoms with Crippen molar-refractivity contribution < 1.29 is 19.4 Å². The molecule has 6 nitrogen and oxygen atoms in total. The highest BCUT2D eigenvalue weighted by Crippen LogP contribution is 2.29. The summed E-state index contributed by atoms with van der Waals surface area (Å²) in [4.78, 5) is 31.1. The number of aromatic nitrogens is 2. The van der Waals surface area contributed by atoms with Crippen LogP contribution in [0.4, 0.5) is 0 Å². The number of hydrogen-bond acceptors (Lipinski definition) is 5. The Morgan fingerprint density at radius 1 is 1.47 bits per heavy atom. The molecule has 0 aliphatic rings. The van der Waals surface area contributed by atoms with Crippen LogP contribution in [0.5, 0.6) is 0 Å². The first-order chi connectivity index (χ1) is 8.96. The fraction of sp³-hybridized carbons (Fsp3) is 0.500. The van der Waals surface area contributed by atoms with Crippen LogP contribution < -0.4 is 0 Å². The zero-order chi connectivity index (χ0) is 14.5. The van der Waals surface area contributed by atoms with Crippen molar-refractivity contribution in [2.24, 2.45) is 5.41 Å². The van der Waals surface area contributed by atoms with Crippen LogP contribution in [0, 0.1) is 5.41 Å². The standard InChI is InChI=1S/C12H15ClN2O4/c1-3-12(9(16)17,10(18)19-4-2)7-8-5-6-14-11(13)15-8/h5-6H,3-4,7H2,1-2H3,(H,16,17). The van der Waals surface area contributed by atoms with E-state index in [0.717, 1.165) is 0 Å². The van der Waals surface area contributed by atoms with E-state index in [9.17, 15) is 14.7 Å².